The Hall–Kier alpha value is -3.01. The number of hydrogen-bond acceptors (Lipinski definition) is 3. The molecule has 0 aliphatic carbocycles. The molecule has 0 fully saturated rings. The van der Waals surface area contributed by atoms with Crippen molar-refractivity contribution in [1.29, 1.82) is 0 Å². The van der Waals surface area contributed by atoms with Gasteiger partial charge in [-0.3, -0.25) is 14.9 Å². The van der Waals surface area contributed by atoms with Crippen LogP contribution in [0.3, 0.4) is 0 Å². The monoisotopic (exact) mass is 279 g/mol. The molecule has 2 aromatic carbocycles. The van der Waals surface area contributed by atoms with Gasteiger partial charge in [0.15, 0.2) is 5.78 Å². The van der Waals surface area contributed by atoms with Crippen molar-refractivity contribution in [2.24, 2.45) is 0 Å². The molecular formula is C17H13NO3. The fraction of sp³-hybridized carbons (Fsp3) is 0. The summed E-state index contributed by atoms with van der Waals surface area (Å²) >= 11 is 0. The zero-order valence-electron chi connectivity index (χ0n) is 11.2. The van der Waals surface area contributed by atoms with Gasteiger partial charge in [0, 0.05) is 11.6 Å². The Morgan fingerprint density at radius 1 is 0.952 bits per heavy atom. The highest BCUT2D eigenvalue weighted by molar-refractivity contribution is 6.04. The van der Waals surface area contributed by atoms with Crippen molar-refractivity contribution >= 4 is 11.9 Å². The minimum atomic E-state index is -0.569. The zero-order chi connectivity index (χ0) is 15.1. The summed E-state index contributed by atoms with van der Waals surface area (Å²) in [5.41, 5.74) is 1.01. The maximum Gasteiger partial charge on any atom is 0.273 e. The lowest BCUT2D eigenvalue weighted by molar-refractivity contribution is -0.418. The second kappa shape index (κ2) is 6.96. The van der Waals surface area contributed by atoms with Gasteiger partial charge < -0.3 is 0 Å². The lowest BCUT2D eigenvalue weighted by Gasteiger charge is -1.95. The number of hydrogen-bond donors (Lipinski definition) is 0. The van der Waals surface area contributed by atoms with E-state index >= 15 is 0 Å². The number of nitrogens with zero attached hydrogens (tertiary/aromatic N) is 1. The Labute approximate surface area is 122 Å². The molecule has 2 rings (SSSR count). The summed E-state index contributed by atoms with van der Waals surface area (Å²) in [6, 6.07) is 17.6. The molecule has 4 heteroatoms. The lowest BCUT2D eigenvalue weighted by Crippen LogP contribution is -2.01. The molecular weight excluding hydrogens is 266 g/mol. The molecule has 21 heavy (non-hydrogen) atoms. The van der Waals surface area contributed by atoms with E-state index in [9.17, 15) is 14.9 Å². The first-order chi connectivity index (χ1) is 10.2. The van der Waals surface area contributed by atoms with Crippen LogP contribution in [0.4, 0.5) is 0 Å². The first-order valence-electron chi connectivity index (χ1n) is 6.35. The van der Waals surface area contributed by atoms with E-state index in [1.54, 1.807) is 36.4 Å². The molecule has 0 aliphatic rings. The van der Waals surface area contributed by atoms with Crippen LogP contribution in [0.2, 0.25) is 0 Å². The first-order valence-corrected chi connectivity index (χ1v) is 6.35. The summed E-state index contributed by atoms with van der Waals surface area (Å²) < 4.78 is 0. The number of carbonyl (C=O) groups is 1. The Bertz CT molecular complexity index is 688. The largest absolute Gasteiger partial charge is 0.289 e. The van der Waals surface area contributed by atoms with Crippen molar-refractivity contribution in [3.63, 3.8) is 0 Å². The summed E-state index contributed by atoms with van der Waals surface area (Å²) in [7, 11) is 0. The van der Waals surface area contributed by atoms with E-state index < -0.39 is 4.92 Å². The quantitative estimate of drug-likeness (QED) is 0.275. The van der Waals surface area contributed by atoms with Crippen molar-refractivity contribution in [2.45, 2.75) is 0 Å². The predicted molar refractivity (Wildman–Crippen MR) is 81.3 cm³/mol. The van der Waals surface area contributed by atoms with Crippen LogP contribution >= 0.6 is 0 Å². The van der Waals surface area contributed by atoms with Crippen LogP contribution in [-0.2, 0) is 0 Å². The standard InChI is InChI=1S/C17H13NO3/c19-17(15-9-5-2-6-10-15)13-16(18(20)21)12-11-14-7-3-1-4-8-14/h1-13H. The molecule has 0 saturated carbocycles. The molecule has 0 bridgehead atoms. The third-order valence-electron chi connectivity index (χ3n) is 2.79. The molecule has 0 atom stereocenters. The Morgan fingerprint density at radius 3 is 2.10 bits per heavy atom. The van der Waals surface area contributed by atoms with Crippen LogP contribution in [-0.4, -0.2) is 10.7 Å². The molecule has 0 amide bonds. The van der Waals surface area contributed by atoms with Crippen molar-refractivity contribution in [2.75, 3.05) is 0 Å². The van der Waals surface area contributed by atoms with Gasteiger partial charge in [-0.2, -0.15) is 0 Å². The van der Waals surface area contributed by atoms with Crippen molar-refractivity contribution in [3.8, 4) is 0 Å². The molecule has 0 saturated heterocycles. The number of nitro groups is 1. The van der Waals surface area contributed by atoms with Crippen LogP contribution in [0.1, 0.15) is 15.9 Å². The summed E-state index contributed by atoms with van der Waals surface area (Å²) in [6.07, 6.45) is 3.97. The van der Waals surface area contributed by atoms with Gasteiger partial charge in [-0.15, -0.1) is 0 Å². The maximum absolute atomic E-state index is 12.0. The fourth-order valence-electron chi connectivity index (χ4n) is 1.73. The van der Waals surface area contributed by atoms with Gasteiger partial charge in [0.2, 0.25) is 0 Å². The minimum absolute atomic E-state index is 0.243. The summed E-state index contributed by atoms with van der Waals surface area (Å²) in [5, 5.41) is 11.0. The summed E-state index contributed by atoms with van der Waals surface area (Å²) in [5.74, 6) is -0.389. The van der Waals surface area contributed by atoms with Gasteiger partial charge in [-0.05, 0) is 11.6 Å². The highest BCUT2D eigenvalue weighted by Gasteiger charge is 2.11. The smallest absolute Gasteiger partial charge is 0.273 e. The fourth-order valence-corrected chi connectivity index (χ4v) is 1.73. The predicted octanol–water partition coefficient (Wildman–Crippen LogP) is 3.74. The van der Waals surface area contributed by atoms with E-state index in [-0.39, 0.29) is 11.5 Å². The average Bonchev–Trinajstić information content (AvgIpc) is 2.52. The first kappa shape index (κ1) is 14.4. The van der Waals surface area contributed by atoms with E-state index in [4.69, 9.17) is 0 Å². The molecule has 0 unspecified atom stereocenters. The molecule has 0 heterocycles. The van der Waals surface area contributed by atoms with Crippen LogP contribution in [0.25, 0.3) is 6.08 Å². The molecule has 2 aromatic rings. The van der Waals surface area contributed by atoms with Crippen LogP contribution in [0.5, 0.6) is 0 Å². The number of benzene rings is 2. The van der Waals surface area contributed by atoms with Gasteiger partial charge in [0.25, 0.3) is 5.70 Å². The minimum Gasteiger partial charge on any atom is -0.289 e. The Kier molecular flexibility index (Phi) is 4.77. The number of rotatable bonds is 5. The van der Waals surface area contributed by atoms with Gasteiger partial charge >= 0.3 is 0 Å². The average molecular weight is 279 g/mol. The second-order valence-electron chi connectivity index (χ2n) is 4.30. The van der Waals surface area contributed by atoms with Crippen molar-refractivity contribution in [1.82, 2.24) is 0 Å². The van der Waals surface area contributed by atoms with Crippen LogP contribution in [0, 0.1) is 10.1 Å². The maximum atomic E-state index is 12.0. The third-order valence-corrected chi connectivity index (χ3v) is 2.79. The normalized spacial score (nSPS) is 11.5. The number of ketones is 1. The zero-order valence-corrected chi connectivity index (χ0v) is 11.2. The molecule has 104 valence electrons. The van der Waals surface area contributed by atoms with Crippen molar-refractivity contribution in [3.05, 3.63) is 99.8 Å². The van der Waals surface area contributed by atoms with Crippen LogP contribution < -0.4 is 0 Å². The second-order valence-corrected chi connectivity index (χ2v) is 4.30. The number of allylic oxidation sites excluding steroid dienone is 2. The van der Waals surface area contributed by atoms with E-state index in [1.165, 1.54) is 6.08 Å². The van der Waals surface area contributed by atoms with Gasteiger partial charge in [0.05, 0.1) is 11.0 Å². The molecule has 0 aromatic heterocycles. The van der Waals surface area contributed by atoms with Gasteiger partial charge in [-0.1, -0.05) is 60.7 Å². The highest BCUT2D eigenvalue weighted by Crippen LogP contribution is 2.08. The lowest BCUT2D eigenvalue weighted by atomic mass is 10.1. The SMILES string of the molecule is O=C(C=C(C=Cc1ccccc1)[N+](=O)[O-])c1ccccc1. The van der Waals surface area contributed by atoms with E-state index in [2.05, 4.69) is 0 Å². The van der Waals surface area contributed by atoms with Crippen molar-refractivity contribution < 1.29 is 9.72 Å². The molecule has 4 nitrogen and oxygen atoms in total. The van der Waals surface area contributed by atoms with Crippen LogP contribution in [0.15, 0.2) is 78.5 Å². The topological polar surface area (TPSA) is 60.2 Å². The van der Waals surface area contributed by atoms with Gasteiger partial charge in [-0.25, -0.2) is 0 Å². The van der Waals surface area contributed by atoms with E-state index in [0.717, 1.165) is 11.6 Å². The Morgan fingerprint density at radius 2 is 1.52 bits per heavy atom. The van der Waals surface area contributed by atoms with E-state index in [1.807, 2.05) is 30.3 Å². The molecule has 0 N–H and O–H groups in total. The molecule has 0 spiro atoms. The molecule has 0 radical (unpaired) electrons. The summed E-state index contributed by atoms with van der Waals surface area (Å²) in [4.78, 5) is 22.4. The van der Waals surface area contributed by atoms with Gasteiger partial charge in [0.1, 0.15) is 0 Å². The Balaban J connectivity index is 2.23. The highest BCUT2D eigenvalue weighted by atomic mass is 16.6. The molecule has 0 aliphatic heterocycles. The number of carbonyl (C=O) groups excluding carboxylic acids is 1. The third kappa shape index (κ3) is 4.24. The van der Waals surface area contributed by atoms with E-state index in [0.29, 0.717) is 5.56 Å². The summed E-state index contributed by atoms with van der Waals surface area (Å²) in [6.45, 7) is 0.